The summed E-state index contributed by atoms with van der Waals surface area (Å²) in [7, 11) is 1.65. The summed E-state index contributed by atoms with van der Waals surface area (Å²) < 4.78 is 31.5. The van der Waals surface area contributed by atoms with Gasteiger partial charge in [0.05, 0.1) is 32.5 Å². The molecular weight excluding hydrogens is 1020 g/mol. The van der Waals surface area contributed by atoms with Gasteiger partial charge in [0.25, 0.3) is 0 Å². The lowest BCUT2D eigenvalue weighted by atomic mass is 10.0. The molecule has 0 aromatic heterocycles. The van der Waals surface area contributed by atoms with Crippen LogP contribution in [0.3, 0.4) is 0 Å². The van der Waals surface area contributed by atoms with Crippen LogP contribution in [0.5, 0.6) is 23.0 Å². The quantitative estimate of drug-likeness (QED) is 0.0319. The molecule has 83 heavy (non-hydrogen) atoms. The summed E-state index contributed by atoms with van der Waals surface area (Å²) in [5.74, 6) is 8.83. The highest BCUT2D eigenvalue weighted by Gasteiger charge is 2.19. The van der Waals surface area contributed by atoms with Crippen LogP contribution in [0.1, 0.15) is 356 Å². The molecule has 0 aliphatic carbocycles. The SMILES string of the molecule is CCCCCCCCCCCCCCCCCCOc1cc(COC(=O)c2ccccc2C#Cc2ccc(OC)cc2)cc(OCCCCCCCCCCCCCCCCCC)c1OCCCCCCCCCCCCCCCCCC. The highest BCUT2D eigenvalue weighted by molar-refractivity contribution is 5.92. The number of methoxy groups -OCH3 is 1. The molecule has 0 radical (unpaired) electrons. The van der Waals surface area contributed by atoms with E-state index in [-0.39, 0.29) is 6.61 Å². The molecular formula is C77H126O6. The first-order valence-corrected chi connectivity index (χ1v) is 35.6. The van der Waals surface area contributed by atoms with E-state index < -0.39 is 5.97 Å². The van der Waals surface area contributed by atoms with E-state index in [2.05, 4.69) is 32.6 Å². The molecule has 0 heterocycles. The molecule has 0 spiro atoms. The molecule has 0 aliphatic rings. The first-order chi connectivity index (χ1) is 41.1. The van der Waals surface area contributed by atoms with Gasteiger partial charge in [-0.05, 0) is 73.4 Å². The van der Waals surface area contributed by atoms with E-state index in [1.54, 1.807) is 13.2 Å². The molecule has 0 aliphatic heterocycles. The Kier molecular flexibility index (Phi) is 48.1. The van der Waals surface area contributed by atoms with Gasteiger partial charge < -0.3 is 23.7 Å². The summed E-state index contributed by atoms with van der Waals surface area (Å²) in [5, 5.41) is 0. The molecule has 0 N–H and O–H groups in total. The standard InChI is InChI=1S/C77H126O6/c1-5-8-11-14-17-20-23-26-29-32-35-38-41-44-47-52-63-80-74-66-70(68-83-77(78)73-56-51-50-55-71(73)60-57-69-58-61-72(79-4)62-59-69)67-75(81-64-53-48-45-42-39-36-33-30-27-24-21-18-15-12-9-6-2)76(74)82-65-54-49-46-43-40-37-34-31-28-25-22-19-16-13-10-7-3/h50-51,55-56,58-59,61-62,66-67H,5-49,52-54,63-65,68H2,1-4H3. The zero-order valence-corrected chi connectivity index (χ0v) is 54.5. The minimum absolute atomic E-state index is 0.0727. The van der Waals surface area contributed by atoms with Crippen LogP contribution in [0.4, 0.5) is 0 Å². The summed E-state index contributed by atoms with van der Waals surface area (Å²) in [6, 6.07) is 19.1. The fourth-order valence-electron chi connectivity index (χ4n) is 11.4. The number of carbonyl (C=O) groups excluding carboxylic acids is 1. The van der Waals surface area contributed by atoms with Crippen molar-refractivity contribution in [2.75, 3.05) is 26.9 Å². The van der Waals surface area contributed by atoms with Gasteiger partial charge in [-0.15, -0.1) is 0 Å². The second-order valence-corrected chi connectivity index (χ2v) is 24.5. The maximum Gasteiger partial charge on any atom is 0.339 e. The van der Waals surface area contributed by atoms with Gasteiger partial charge in [0, 0.05) is 11.1 Å². The van der Waals surface area contributed by atoms with E-state index in [0.29, 0.717) is 48.2 Å². The second kappa shape index (κ2) is 54.5. The van der Waals surface area contributed by atoms with Crippen LogP contribution in [-0.4, -0.2) is 32.9 Å². The molecule has 0 saturated heterocycles. The van der Waals surface area contributed by atoms with Crippen molar-refractivity contribution in [3.05, 3.63) is 82.9 Å². The van der Waals surface area contributed by atoms with Crippen molar-refractivity contribution in [3.63, 3.8) is 0 Å². The molecule has 0 atom stereocenters. The summed E-state index contributed by atoms with van der Waals surface area (Å²) in [6.07, 6.45) is 64.1. The Morgan fingerprint density at radius 3 is 1.01 bits per heavy atom. The molecule has 0 bridgehead atoms. The largest absolute Gasteiger partial charge is 0.497 e. The van der Waals surface area contributed by atoms with Crippen molar-refractivity contribution in [1.82, 2.24) is 0 Å². The van der Waals surface area contributed by atoms with Crippen LogP contribution >= 0.6 is 0 Å². The van der Waals surface area contributed by atoms with Crippen molar-refractivity contribution in [1.29, 1.82) is 0 Å². The van der Waals surface area contributed by atoms with Crippen LogP contribution in [0.25, 0.3) is 0 Å². The fraction of sp³-hybridized carbons (Fsp3) is 0.727. The smallest absolute Gasteiger partial charge is 0.339 e. The Morgan fingerprint density at radius 2 is 0.675 bits per heavy atom. The van der Waals surface area contributed by atoms with Crippen molar-refractivity contribution in [2.24, 2.45) is 0 Å². The third kappa shape index (κ3) is 40.0. The van der Waals surface area contributed by atoms with Crippen LogP contribution < -0.4 is 18.9 Å². The highest BCUT2D eigenvalue weighted by Crippen LogP contribution is 2.40. The minimum Gasteiger partial charge on any atom is -0.497 e. The van der Waals surface area contributed by atoms with Gasteiger partial charge in [0.2, 0.25) is 5.75 Å². The average molecular weight is 1150 g/mol. The van der Waals surface area contributed by atoms with Gasteiger partial charge >= 0.3 is 5.97 Å². The Hall–Kier alpha value is -4.11. The normalized spacial score (nSPS) is 11.2. The number of hydrogen-bond acceptors (Lipinski definition) is 6. The first-order valence-electron chi connectivity index (χ1n) is 35.6. The van der Waals surface area contributed by atoms with Gasteiger partial charge in [-0.1, -0.05) is 334 Å². The molecule has 3 aromatic carbocycles. The summed E-state index contributed by atoms with van der Waals surface area (Å²) >= 11 is 0. The number of carbonyl (C=O) groups is 1. The Morgan fingerprint density at radius 1 is 0.361 bits per heavy atom. The summed E-state index contributed by atoms with van der Waals surface area (Å²) in [6.45, 7) is 8.80. The van der Waals surface area contributed by atoms with Crippen LogP contribution in [-0.2, 0) is 11.3 Å². The lowest BCUT2D eigenvalue weighted by molar-refractivity contribution is 0.0471. The fourth-order valence-corrected chi connectivity index (χ4v) is 11.4. The van der Waals surface area contributed by atoms with E-state index in [1.165, 1.54) is 270 Å². The van der Waals surface area contributed by atoms with Gasteiger partial charge in [0.15, 0.2) is 11.5 Å². The zero-order chi connectivity index (χ0) is 59.0. The van der Waals surface area contributed by atoms with E-state index in [9.17, 15) is 4.79 Å². The van der Waals surface area contributed by atoms with Crippen molar-refractivity contribution < 1.29 is 28.5 Å². The molecule has 0 saturated carbocycles. The molecule has 0 amide bonds. The number of unbranched alkanes of at least 4 members (excludes halogenated alkanes) is 45. The Balaban J connectivity index is 1.60. The second-order valence-electron chi connectivity index (χ2n) is 24.5. The zero-order valence-electron chi connectivity index (χ0n) is 54.5. The lowest BCUT2D eigenvalue weighted by Gasteiger charge is -2.19. The van der Waals surface area contributed by atoms with E-state index >= 15 is 0 Å². The first kappa shape index (κ1) is 73.1. The monoisotopic (exact) mass is 1150 g/mol. The summed E-state index contributed by atoms with van der Waals surface area (Å²) in [4.78, 5) is 13.9. The van der Waals surface area contributed by atoms with Crippen molar-refractivity contribution in [3.8, 4) is 34.8 Å². The van der Waals surface area contributed by atoms with Crippen LogP contribution in [0, 0.1) is 11.8 Å². The number of benzene rings is 3. The van der Waals surface area contributed by atoms with Crippen LogP contribution in [0.15, 0.2) is 60.7 Å². The maximum absolute atomic E-state index is 13.9. The van der Waals surface area contributed by atoms with E-state index in [1.807, 2.05) is 54.6 Å². The Bertz CT molecular complexity index is 1940. The third-order valence-corrected chi connectivity index (χ3v) is 16.8. The van der Waals surface area contributed by atoms with Crippen molar-refractivity contribution in [2.45, 2.75) is 336 Å². The minimum atomic E-state index is -0.417. The number of ether oxygens (including phenoxy) is 5. The molecule has 3 rings (SSSR count). The van der Waals surface area contributed by atoms with E-state index in [0.717, 1.165) is 55.4 Å². The number of rotatable bonds is 58. The maximum atomic E-state index is 13.9. The third-order valence-electron chi connectivity index (χ3n) is 16.8. The van der Waals surface area contributed by atoms with Gasteiger partial charge in [0.1, 0.15) is 12.4 Å². The van der Waals surface area contributed by atoms with Crippen molar-refractivity contribution >= 4 is 5.97 Å². The predicted molar refractivity (Wildman–Crippen MR) is 356 cm³/mol. The molecule has 470 valence electrons. The van der Waals surface area contributed by atoms with Gasteiger partial charge in [-0.3, -0.25) is 0 Å². The molecule has 3 aromatic rings. The topological polar surface area (TPSA) is 63.2 Å². The predicted octanol–water partition coefficient (Wildman–Crippen LogP) is 24.4. The molecule has 0 fully saturated rings. The summed E-state index contributed by atoms with van der Waals surface area (Å²) in [5.41, 5.74) is 2.72. The molecule has 6 nitrogen and oxygen atoms in total. The number of esters is 1. The number of hydrogen-bond donors (Lipinski definition) is 0. The lowest BCUT2D eigenvalue weighted by Crippen LogP contribution is -2.09. The average Bonchev–Trinajstić information content (AvgIpc) is 3.51. The van der Waals surface area contributed by atoms with Gasteiger partial charge in [-0.2, -0.15) is 0 Å². The van der Waals surface area contributed by atoms with E-state index in [4.69, 9.17) is 23.7 Å². The molecule has 0 unspecified atom stereocenters. The van der Waals surface area contributed by atoms with Crippen LogP contribution in [0.2, 0.25) is 0 Å². The Labute approximate surface area is 512 Å². The highest BCUT2D eigenvalue weighted by atomic mass is 16.5. The molecule has 6 heteroatoms. The van der Waals surface area contributed by atoms with Gasteiger partial charge in [-0.25, -0.2) is 4.79 Å².